The van der Waals surface area contributed by atoms with Crippen LogP contribution < -0.4 is 11.5 Å². The topological polar surface area (TPSA) is 64.6 Å². The number of hydrogen-bond acceptors (Lipinski definition) is 3. The normalized spacial score (nSPS) is 17.7. The number of hydrogen-bond donors (Lipinski definition) is 2. The van der Waals surface area contributed by atoms with Crippen LogP contribution in [-0.4, -0.2) is 12.7 Å². The van der Waals surface area contributed by atoms with Gasteiger partial charge in [0.2, 0.25) is 0 Å². The SMILES string of the molecule is Nc1ccc(C2(c3ccc(N)cc3)c3ccccc3-c3cccc(CC4CO4)c32)cc1. The monoisotopic (exact) mass is 404 g/mol. The third-order valence-electron chi connectivity index (χ3n) is 6.68. The van der Waals surface area contributed by atoms with Crippen molar-refractivity contribution in [3.8, 4) is 11.1 Å². The summed E-state index contributed by atoms with van der Waals surface area (Å²) < 4.78 is 5.63. The third-order valence-corrected chi connectivity index (χ3v) is 6.68. The zero-order valence-corrected chi connectivity index (χ0v) is 17.2. The number of nitrogens with two attached hydrogens (primary N) is 2. The summed E-state index contributed by atoms with van der Waals surface area (Å²) in [5.74, 6) is 0. The molecule has 0 amide bonds. The molecule has 6 rings (SSSR count). The van der Waals surface area contributed by atoms with Crippen molar-refractivity contribution in [1.29, 1.82) is 0 Å². The molecule has 1 aliphatic heterocycles. The van der Waals surface area contributed by atoms with Crippen LogP contribution in [0, 0.1) is 0 Å². The summed E-state index contributed by atoms with van der Waals surface area (Å²) in [6.45, 7) is 0.841. The molecule has 1 atom stereocenters. The van der Waals surface area contributed by atoms with E-state index >= 15 is 0 Å². The van der Waals surface area contributed by atoms with Gasteiger partial charge in [-0.2, -0.15) is 0 Å². The summed E-state index contributed by atoms with van der Waals surface area (Å²) in [6.07, 6.45) is 1.23. The molecule has 0 saturated carbocycles. The maximum atomic E-state index is 6.09. The first kappa shape index (κ1) is 18.2. The van der Waals surface area contributed by atoms with Crippen molar-refractivity contribution >= 4 is 11.4 Å². The second-order valence-corrected chi connectivity index (χ2v) is 8.54. The van der Waals surface area contributed by atoms with E-state index in [9.17, 15) is 0 Å². The summed E-state index contributed by atoms with van der Waals surface area (Å²) in [5, 5.41) is 0. The van der Waals surface area contributed by atoms with Gasteiger partial charge in [-0.15, -0.1) is 0 Å². The van der Waals surface area contributed by atoms with Gasteiger partial charge in [0.25, 0.3) is 0 Å². The van der Waals surface area contributed by atoms with Crippen molar-refractivity contribution < 1.29 is 4.74 Å². The van der Waals surface area contributed by atoms with Crippen LogP contribution >= 0.6 is 0 Å². The maximum absolute atomic E-state index is 6.09. The van der Waals surface area contributed by atoms with Crippen LogP contribution in [0.15, 0.2) is 91.0 Å². The van der Waals surface area contributed by atoms with E-state index in [0.29, 0.717) is 6.10 Å². The molecule has 1 unspecified atom stereocenters. The highest BCUT2D eigenvalue weighted by molar-refractivity contribution is 5.87. The Labute approximate surface area is 182 Å². The largest absolute Gasteiger partial charge is 0.399 e. The Morgan fingerprint density at radius 1 is 0.710 bits per heavy atom. The first-order valence-electron chi connectivity index (χ1n) is 10.7. The minimum absolute atomic E-state index is 0.311. The molecule has 4 N–H and O–H groups in total. The Kier molecular flexibility index (Phi) is 3.95. The molecule has 4 aromatic rings. The second-order valence-electron chi connectivity index (χ2n) is 8.54. The van der Waals surface area contributed by atoms with E-state index in [0.717, 1.165) is 24.4 Å². The van der Waals surface area contributed by atoms with Crippen LogP contribution in [0.2, 0.25) is 0 Å². The van der Waals surface area contributed by atoms with Crippen molar-refractivity contribution in [3.05, 3.63) is 119 Å². The molecule has 0 bridgehead atoms. The Morgan fingerprint density at radius 2 is 1.29 bits per heavy atom. The molecule has 1 heterocycles. The van der Waals surface area contributed by atoms with Crippen molar-refractivity contribution in [2.75, 3.05) is 18.1 Å². The molecule has 3 nitrogen and oxygen atoms in total. The number of benzene rings is 4. The second kappa shape index (κ2) is 6.73. The van der Waals surface area contributed by atoms with E-state index in [1.165, 1.54) is 38.9 Å². The quantitative estimate of drug-likeness (QED) is 0.321. The van der Waals surface area contributed by atoms with E-state index in [1.54, 1.807) is 0 Å². The van der Waals surface area contributed by atoms with Gasteiger partial charge < -0.3 is 16.2 Å². The number of nitrogen functional groups attached to an aromatic ring is 2. The highest BCUT2D eigenvalue weighted by Crippen LogP contribution is 2.57. The predicted octanol–water partition coefficient (Wildman–Crippen LogP) is 5.16. The summed E-state index contributed by atoms with van der Waals surface area (Å²) >= 11 is 0. The molecule has 0 radical (unpaired) electrons. The fourth-order valence-electron chi connectivity index (χ4n) is 5.28. The summed E-state index contributed by atoms with van der Waals surface area (Å²) in [7, 11) is 0. The van der Waals surface area contributed by atoms with Crippen molar-refractivity contribution in [2.24, 2.45) is 0 Å². The van der Waals surface area contributed by atoms with Crippen molar-refractivity contribution in [3.63, 3.8) is 0 Å². The molecule has 3 heteroatoms. The summed E-state index contributed by atoms with van der Waals surface area (Å²) in [5.41, 5.74) is 22.3. The van der Waals surface area contributed by atoms with E-state index in [4.69, 9.17) is 16.2 Å². The lowest BCUT2D eigenvalue weighted by molar-refractivity contribution is 0.407. The zero-order chi connectivity index (χ0) is 21.0. The van der Waals surface area contributed by atoms with Crippen LogP contribution in [-0.2, 0) is 16.6 Å². The number of fused-ring (bicyclic) bond motifs is 3. The Morgan fingerprint density at radius 3 is 1.90 bits per heavy atom. The Hall–Kier alpha value is -3.56. The number of rotatable bonds is 4. The van der Waals surface area contributed by atoms with Gasteiger partial charge in [-0.25, -0.2) is 0 Å². The molecule has 0 spiro atoms. The fourth-order valence-corrected chi connectivity index (χ4v) is 5.28. The molecule has 1 aliphatic carbocycles. The third kappa shape index (κ3) is 2.70. The lowest BCUT2D eigenvalue weighted by atomic mass is 9.66. The van der Waals surface area contributed by atoms with E-state index in [-0.39, 0.29) is 0 Å². The average Bonchev–Trinajstić information content (AvgIpc) is 3.56. The van der Waals surface area contributed by atoms with Gasteiger partial charge in [0.1, 0.15) is 0 Å². The maximum Gasteiger partial charge on any atom is 0.0850 e. The fraction of sp³-hybridized carbons (Fsp3) is 0.143. The smallest absolute Gasteiger partial charge is 0.0850 e. The molecule has 31 heavy (non-hydrogen) atoms. The minimum Gasteiger partial charge on any atom is -0.399 e. The van der Waals surface area contributed by atoms with Crippen molar-refractivity contribution in [1.82, 2.24) is 0 Å². The molecule has 1 fully saturated rings. The average molecular weight is 405 g/mol. The Balaban J connectivity index is 1.75. The number of ether oxygens (including phenoxy) is 1. The number of epoxide rings is 1. The molecule has 152 valence electrons. The van der Waals surface area contributed by atoms with Crippen LogP contribution in [0.3, 0.4) is 0 Å². The summed E-state index contributed by atoms with van der Waals surface area (Å²) in [4.78, 5) is 0. The van der Waals surface area contributed by atoms with Crippen LogP contribution in [0.25, 0.3) is 11.1 Å². The minimum atomic E-state index is -0.432. The van der Waals surface area contributed by atoms with E-state index in [2.05, 4.69) is 66.7 Å². The van der Waals surface area contributed by atoms with Gasteiger partial charge in [0.15, 0.2) is 0 Å². The predicted molar refractivity (Wildman–Crippen MR) is 126 cm³/mol. The van der Waals surface area contributed by atoms with Crippen LogP contribution in [0.1, 0.15) is 27.8 Å². The van der Waals surface area contributed by atoms with Gasteiger partial charge in [0.05, 0.1) is 18.1 Å². The lowest BCUT2D eigenvalue weighted by Crippen LogP contribution is -2.30. The first-order valence-corrected chi connectivity index (χ1v) is 10.7. The highest BCUT2D eigenvalue weighted by Gasteiger charge is 2.47. The van der Waals surface area contributed by atoms with Gasteiger partial charge >= 0.3 is 0 Å². The molecule has 0 aromatic heterocycles. The van der Waals surface area contributed by atoms with E-state index < -0.39 is 5.41 Å². The molecule has 4 aromatic carbocycles. The first-order chi connectivity index (χ1) is 15.2. The van der Waals surface area contributed by atoms with Gasteiger partial charge in [0, 0.05) is 17.8 Å². The zero-order valence-electron chi connectivity index (χ0n) is 17.2. The lowest BCUT2D eigenvalue weighted by Gasteiger charge is -2.35. The molecular formula is C28H24N2O. The van der Waals surface area contributed by atoms with Crippen molar-refractivity contribution in [2.45, 2.75) is 17.9 Å². The highest BCUT2D eigenvalue weighted by atomic mass is 16.6. The molecular weight excluding hydrogens is 380 g/mol. The van der Waals surface area contributed by atoms with Crippen LogP contribution in [0.4, 0.5) is 11.4 Å². The van der Waals surface area contributed by atoms with Gasteiger partial charge in [-0.3, -0.25) is 0 Å². The molecule has 2 aliphatic rings. The van der Waals surface area contributed by atoms with Gasteiger partial charge in [-0.1, -0.05) is 66.7 Å². The Bertz CT molecular complexity index is 1230. The van der Waals surface area contributed by atoms with Crippen LogP contribution in [0.5, 0.6) is 0 Å². The number of anilines is 2. The molecule has 1 saturated heterocycles. The summed E-state index contributed by atoms with van der Waals surface area (Å²) in [6, 6.07) is 32.1. The standard InChI is InChI=1S/C28H24N2O/c29-21-12-8-19(9-13-21)28(20-10-14-22(30)15-11-20)26-7-2-1-5-24(26)25-6-3-4-18(27(25)28)16-23-17-31-23/h1-15,23H,16-17,29-30H2. The van der Waals surface area contributed by atoms with E-state index in [1.807, 2.05) is 24.3 Å². The van der Waals surface area contributed by atoms with Gasteiger partial charge in [-0.05, 0) is 63.2 Å².